The minimum absolute atomic E-state index is 0.0252. The number of carbonyl (C=O) groups is 2. The molecular formula is C21H15ClO8. The number of ketones is 2. The Bertz CT molecular complexity index is 1160. The van der Waals surface area contributed by atoms with Crippen LogP contribution in [-0.4, -0.2) is 46.5 Å². The van der Waals surface area contributed by atoms with Gasteiger partial charge in [-0.05, 0) is 18.2 Å². The van der Waals surface area contributed by atoms with Crippen molar-refractivity contribution in [1.82, 2.24) is 0 Å². The number of aromatic hydroxyl groups is 1. The average Bonchev–Trinajstić information content (AvgIpc) is 2.74. The molecule has 0 aromatic heterocycles. The lowest BCUT2D eigenvalue weighted by atomic mass is 9.76. The molecule has 2 aliphatic carbocycles. The molecule has 8 nitrogen and oxygen atoms in total. The number of hydrogen-bond acceptors (Lipinski definition) is 8. The third-order valence-electron chi connectivity index (χ3n) is 6.24. The summed E-state index contributed by atoms with van der Waals surface area (Å²) >= 11 is 6.26. The number of ether oxygens (including phenoxy) is 4. The second-order valence-electron chi connectivity index (χ2n) is 7.72. The van der Waals surface area contributed by atoms with Gasteiger partial charge in [0.25, 0.3) is 11.6 Å². The summed E-state index contributed by atoms with van der Waals surface area (Å²) in [6.45, 7) is 0. The van der Waals surface area contributed by atoms with Crippen molar-refractivity contribution in [1.29, 1.82) is 0 Å². The zero-order valence-corrected chi connectivity index (χ0v) is 16.3. The molecule has 2 aromatic rings. The van der Waals surface area contributed by atoms with E-state index in [1.54, 1.807) is 18.2 Å². The lowest BCUT2D eigenvalue weighted by Gasteiger charge is -2.58. The third kappa shape index (κ3) is 1.84. The highest BCUT2D eigenvalue weighted by molar-refractivity contribution is 6.35. The van der Waals surface area contributed by atoms with Gasteiger partial charge in [0.05, 0.1) is 16.7 Å². The molecule has 4 aliphatic rings. The largest absolute Gasteiger partial charge is 0.507 e. The first-order valence-electron chi connectivity index (χ1n) is 9.34. The first-order valence-corrected chi connectivity index (χ1v) is 9.78. The van der Waals surface area contributed by atoms with Crippen LogP contribution in [0.1, 0.15) is 38.3 Å². The molecule has 2 heterocycles. The predicted octanol–water partition coefficient (Wildman–Crippen LogP) is 1.97. The fourth-order valence-corrected chi connectivity index (χ4v) is 5.22. The van der Waals surface area contributed by atoms with E-state index in [9.17, 15) is 19.8 Å². The minimum Gasteiger partial charge on any atom is -0.507 e. The Hall–Kier alpha value is -2.65. The number of rotatable bonds is 1. The predicted molar refractivity (Wildman–Crippen MR) is 100.0 cm³/mol. The van der Waals surface area contributed by atoms with E-state index in [1.807, 2.05) is 0 Å². The van der Waals surface area contributed by atoms with Crippen molar-refractivity contribution in [3.8, 4) is 17.2 Å². The molecule has 154 valence electrons. The molecule has 9 heteroatoms. The smallest absolute Gasteiger partial charge is 0.273 e. The number of phenolic OH excluding ortho intramolecular Hbond substituents is 1. The Morgan fingerprint density at radius 3 is 2.60 bits per heavy atom. The SMILES string of the molecule is CO[C@@H]1CC(=O)c2cccc3c2[C@@]12Oc1ccc(O)c4c1[C@@](O3)(O2)[C@H](O)[C@H](Cl)C4=O. The van der Waals surface area contributed by atoms with Crippen LogP contribution in [0, 0.1) is 0 Å². The number of aliphatic hydroxyl groups excluding tert-OH is 1. The monoisotopic (exact) mass is 430 g/mol. The summed E-state index contributed by atoms with van der Waals surface area (Å²) in [5.41, 5.74) is 0.648. The van der Waals surface area contributed by atoms with Gasteiger partial charge >= 0.3 is 0 Å². The fraction of sp³-hybridized carbons (Fsp3) is 0.333. The van der Waals surface area contributed by atoms with E-state index in [1.165, 1.54) is 19.2 Å². The third-order valence-corrected chi connectivity index (χ3v) is 6.67. The summed E-state index contributed by atoms with van der Waals surface area (Å²) < 4.78 is 24.4. The molecule has 0 fully saturated rings. The summed E-state index contributed by atoms with van der Waals surface area (Å²) in [7, 11) is 1.43. The maximum atomic E-state index is 12.8. The molecule has 2 aromatic carbocycles. The van der Waals surface area contributed by atoms with Gasteiger partial charge in [-0.3, -0.25) is 14.3 Å². The van der Waals surface area contributed by atoms with E-state index in [-0.39, 0.29) is 40.6 Å². The highest BCUT2D eigenvalue weighted by atomic mass is 35.5. The van der Waals surface area contributed by atoms with Crippen LogP contribution in [0.3, 0.4) is 0 Å². The van der Waals surface area contributed by atoms with Crippen molar-refractivity contribution in [2.45, 2.75) is 35.6 Å². The molecule has 6 rings (SSSR count). The number of benzene rings is 2. The summed E-state index contributed by atoms with van der Waals surface area (Å²) in [5.74, 6) is -4.31. The number of phenols is 1. The van der Waals surface area contributed by atoms with Gasteiger partial charge in [-0.15, -0.1) is 11.6 Å². The number of aliphatic hydroxyl groups is 1. The molecule has 0 amide bonds. The highest BCUT2D eigenvalue weighted by Gasteiger charge is 2.70. The lowest BCUT2D eigenvalue weighted by molar-refractivity contribution is -0.405. The number of hydrogen-bond donors (Lipinski definition) is 2. The second kappa shape index (κ2) is 5.53. The van der Waals surface area contributed by atoms with E-state index in [0.717, 1.165) is 0 Å². The zero-order chi connectivity index (χ0) is 21.0. The summed E-state index contributed by atoms with van der Waals surface area (Å²) in [4.78, 5) is 25.5. The van der Waals surface area contributed by atoms with Gasteiger partial charge < -0.3 is 24.4 Å². The van der Waals surface area contributed by atoms with Crippen LogP contribution >= 0.6 is 11.6 Å². The second-order valence-corrected chi connectivity index (χ2v) is 8.19. The molecule has 0 unspecified atom stereocenters. The summed E-state index contributed by atoms with van der Waals surface area (Å²) in [5, 5.41) is 20.0. The van der Waals surface area contributed by atoms with Crippen LogP contribution in [0.5, 0.6) is 17.2 Å². The Labute approximate surface area is 174 Å². The van der Waals surface area contributed by atoms with Crippen LogP contribution in [0.15, 0.2) is 30.3 Å². The van der Waals surface area contributed by atoms with Crippen LogP contribution < -0.4 is 9.47 Å². The van der Waals surface area contributed by atoms with Gasteiger partial charge in [0.2, 0.25) is 0 Å². The lowest BCUT2D eigenvalue weighted by Crippen LogP contribution is -2.69. The molecule has 2 bridgehead atoms. The normalized spacial score (nSPS) is 35.1. The molecule has 0 saturated carbocycles. The van der Waals surface area contributed by atoms with E-state index < -0.39 is 34.9 Å². The van der Waals surface area contributed by atoms with E-state index in [0.29, 0.717) is 11.1 Å². The van der Waals surface area contributed by atoms with Crippen LogP contribution in [-0.2, 0) is 21.0 Å². The topological polar surface area (TPSA) is 112 Å². The van der Waals surface area contributed by atoms with Crippen LogP contribution in [0.2, 0.25) is 0 Å². The standard InChI is InChI=1S/C21H15ClO8/c1-27-13-7-10(24)8-3-2-4-11-15(8)20(13)28-12-6-5-9(23)14-16(12)21(29-11,30-20)19(26)17(22)18(14)25/h2-6,13,17,19,23,26H,7H2,1H3/t13-,17-,19-,20-,21-/m1/s1. The van der Waals surface area contributed by atoms with Crippen molar-refractivity contribution < 1.29 is 38.7 Å². The number of carbonyl (C=O) groups excluding carboxylic acids is 2. The highest BCUT2D eigenvalue weighted by Crippen LogP contribution is 2.62. The fourth-order valence-electron chi connectivity index (χ4n) is 4.94. The summed E-state index contributed by atoms with van der Waals surface area (Å²) in [6.07, 6.45) is -2.50. The van der Waals surface area contributed by atoms with Crippen LogP contribution in [0.4, 0.5) is 0 Å². The quantitative estimate of drug-likeness (QED) is 0.660. The van der Waals surface area contributed by atoms with Gasteiger partial charge in [-0.25, -0.2) is 0 Å². The van der Waals surface area contributed by atoms with Gasteiger partial charge in [0.1, 0.15) is 34.8 Å². The van der Waals surface area contributed by atoms with Gasteiger partial charge in [0.15, 0.2) is 11.6 Å². The number of Topliss-reactive ketones (excluding diaryl/α,β-unsaturated/α-hetero) is 2. The zero-order valence-electron chi connectivity index (χ0n) is 15.5. The van der Waals surface area contributed by atoms with Crippen molar-refractivity contribution in [3.63, 3.8) is 0 Å². The van der Waals surface area contributed by atoms with Gasteiger partial charge in [0, 0.05) is 19.1 Å². The number of halogens is 1. The molecule has 30 heavy (non-hydrogen) atoms. The molecule has 0 radical (unpaired) electrons. The van der Waals surface area contributed by atoms with Crippen molar-refractivity contribution in [2.24, 2.45) is 0 Å². The number of methoxy groups -OCH3 is 1. The first-order chi connectivity index (χ1) is 14.3. The molecule has 2 spiro atoms. The van der Waals surface area contributed by atoms with Crippen molar-refractivity contribution in [2.75, 3.05) is 7.11 Å². The Morgan fingerprint density at radius 2 is 1.83 bits per heavy atom. The van der Waals surface area contributed by atoms with Gasteiger partial charge in [-0.1, -0.05) is 12.1 Å². The average molecular weight is 431 g/mol. The van der Waals surface area contributed by atoms with Gasteiger partial charge in [-0.2, -0.15) is 0 Å². The first kappa shape index (κ1) is 18.1. The molecule has 5 atom stereocenters. The summed E-state index contributed by atoms with van der Waals surface area (Å²) in [6, 6.07) is 7.68. The maximum Gasteiger partial charge on any atom is 0.273 e. The molecule has 2 aliphatic heterocycles. The van der Waals surface area contributed by atoms with E-state index in [4.69, 9.17) is 30.5 Å². The van der Waals surface area contributed by atoms with E-state index in [2.05, 4.69) is 0 Å². The molecule has 2 N–H and O–H groups in total. The minimum atomic E-state index is -1.94. The van der Waals surface area contributed by atoms with E-state index >= 15 is 0 Å². The van der Waals surface area contributed by atoms with Crippen molar-refractivity contribution >= 4 is 23.2 Å². The Balaban J connectivity index is 1.74. The number of alkyl halides is 1. The van der Waals surface area contributed by atoms with Crippen molar-refractivity contribution in [3.05, 3.63) is 52.6 Å². The Kier molecular flexibility index (Phi) is 3.34. The molecule has 0 saturated heterocycles. The van der Waals surface area contributed by atoms with Crippen LogP contribution in [0.25, 0.3) is 0 Å². The molecular weight excluding hydrogens is 416 g/mol. The Morgan fingerprint density at radius 1 is 1.10 bits per heavy atom. The maximum absolute atomic E-state index is 12.8.